The molecule has 0 aromatic heterocycles. The average Bonchev–Trinajstić information content (AvgIpc) is 2.28. The Morgan fingerprint density at radius 2 is 2.17 bits per heavy atom. The molecule has 70 valence electrons. The minimum Gasteiger partial charge on any atom is -0.338 e. The minimum absolute atomic E-state index is 0.0897. The Hall–Kier alpha value is -0.570. The average molecular weight is 170 g/mol. The molecule has 1 fully saturated rings. The highest BCUT2D eigenvalue weighted by molar-refractivity contribution is 5.81. The van der Waals surface area contributed by atoms with Crippen molar-refractivity contribution in [1.29, 1.82) is 0 Å². The fourth-order valence-corrected chi connectivity index (χ4v) is 1.87. The summed E-state index contributed by atoms with van der Waals surface area (Å²) in [7, 11) is 0. The molecule has 1 saturated heterocycles. The molecule has 1 amide bonds. The second-order valence-electron chi connectivity index (χ2n) is 3.97. The smallest absolute Gasteiger partial charge is 0.239 e. The summed E-state index contributed by atoms with van der Waals surface area (Å²) in [6, 6.07) is 0.0243. The zero-order valence-corrected chi connectivity index (χ0v) is 8.08. The molecule has 0 aromatic carbocycles. The standard InChI is InChI=1S/C9H18N2O/c1-6-4-7(2)11(5-6)9(12)8(3)10/h6-8H,4-5,10H2,1-3H3/t6-,7?,8?/m0/s1. The van der Waals surface area contributed by atoms with Crippen LogP contribution in [0.3, 0.4) is 0 Å². The summed E-state index contributed by atoms with van der Waals surface area (Å²) in [5.74, 6) is 0.717. The van der Waals surface area contributed by atoms with Gasteiger partial charge in [-0.3, -0.25) is 4.79 Å². The normalized spacial score (nSPS) is 32.2. The molecule has 1 aliphatic rings. The Balaban J connectivity index is 2.58. The number of nitrogens with zero attached hydrogens (tertiary/aromatic N) is 1. The van der Waals surface area contributed by atoms with Gasteiger partial charge in [0.1, 0.15) is 0 Å². The lowest BCUT2D eigenvalue weighted by atomic mass is 10.1. The van der Waals surface area contributed by atoms with Gasteiger partial charge in [0, 0.05) is 12.6 Å². The maximum Gasteiger partial charge on any atom is 0.239 e. The molecule has 2 N–H and O–H groups in total. The lowest BCUT2D eigenvalue weighted by molar-refractivity contribution is -0.132. The first-order valence-electron chi connectivity index (χ1n) is 4.58. The zero-order chi connectivity index (χ0) is 9.30. The minimum atomic E-state index is -0.349. The summed E-state index contributed by atoms with van der Waals surface area (Å²) in [5.41, 5.74) is 5.53. The van der Waals surface area contributed by atoms with Crippen LogP contribution in [0.4, 0.5) is 0 Å². The summed E-state index contributed by atoms with van der Waals surface area (Å²) < 4.78 is 0. The molecule has 0 aromatic rings. The molecule has 0 bridgehead atoms. The molecule has 0 saturated carbocycles. The van der Waals surface area contributed by atoms with Gasteiger partial charge in [-0.1, -0.05) is 6.92 Å². The highest BCUT2D eigenvalue weighted by Crippen LogP contribution is 2.22. The molecule has 0 aliphatic carbocycles. The van der Waals surface area contributed by atoms with Gasteiger partial charge in [0.25, 0.3) is 0 Å². The van der Waals surface area contributed by atoms with Gasteiger partial charge in [-0.05, 0) is 26.2 Å². The molecule has 3 heteroatoms. The molecule has 1 heterocycles. The van der Waals surface area contributed by atoms with E-state index in [0.717, 1.165) is 13.0 Å². The van der Waals surface area contributed by atoms with Gasteiger partial charge in [-0.25, -0.2) is 0 Å². The van der Waals surface area contributed by atoms with Gasteiger partial charge < -0.3 is 10.6 Å². The molecule has 0 spiro atoms. The third-order valence-electron chi connectivity index (χ3n) is 2.46. The van der Waals surface area contributed by atoms with E-state index in [1.807, 2.05) is 4.90 Å². The largest absolute Gasteiger partial charge is 0.338 e. The summed E-state index contributed by atoms with van der Waals surface area (Å²) in [6.45, 7) is 6.88. The number of nitrogens with two attached hydrogens (primary N) is 1. The van der Waals surface area contributed by atoms with Crippen LogP contribution in [0.25, 0.3) is 0 Å². The first-order chi connectivity index (χ1) is 5.52. The van der Waals surface area contributed by atoms with Gasteiger partial charge in [-0.2, -0.15) is 0 Å². The van der Waals surface area contributed by atoms with E-state index in [4.69, 9.17) is 5.73 Å². The van der Waals surface area contributed by atoms with Gasteiger partial charge in [0.2, 0.25) is 5.91 Å². The van der Waals surface area contributed by atoms with Crippen molar-refractivity contribution in [3.63, 3.8) is 0 Å². The van der Waals surface area contributed by atoms with E-state index < -0.39 is 0 Å². The molecule has 1 aliphatic heterocycles. The summed E-state index contributed by atoms with van der Waals surface area (Å²) in [6.07, 6.45) is 1.11. The fraction of sp³-hybridized carbons (Fsp3) is 0.889. The Bertz CT molecular complexity index is 179. The second kappa shape index (κ2) is 3.44. The predicted octanol–water partition coefficient (Wildman–Crippen LogP) is 0.591. The topological polar surface area (TPSA) is 46.3 Å². The van der Waals surface area contributed by atoms with E-state index in [1.165, 1.54) is 0 Å². The highest BCUT2D eigenvalue weighted by Gasteiger charge is 2.30. The van der Waals surface area contributed by atoms with Gasteiger partial charge in [0.15, 0.2) is 0 Å². The van der Waals surface area contributed by atoms with Crippen molar-refractivity contribution in [1.82, 2.24) is 4.90 Å². The van der Waals surface area contributed by atoms with Crippen molar-refractivity contribution in [2.75, 3.05) is 6.54 Å². The molecule has 3 nitrogen and oxygen atoms in total. The first kappa shape index (κ1) is 9.52. The Morgan fingerprint density at radius 3 is 2.50 bits per heavy atom. The van der Waals surface area contributed by atoms with Crippen molar-refractivity contribution in [2.24, 2.45) is 11.7 Å². The molecular weight excluding hydrogens is 152 g/mol. The predicted molar refractivity (Wildman–Crippen MR) is 48.6 cm³/mol. The van der Waals surface area contributed by atoms with Crippen molar-refractivity contribution in [3.05, 3.63) is 0 Å². The van der Waals surface area contributed by atoms with E-state index in [2.05, 4.69) is 13.8 Å². The number of rotatable bonds is 1. The zero-order valence-electron chi connectivity index (χ0n) is 8.08. The third kappa shape index (κ3) is 1.78. The van der Waals surface area contributed by atoms with E-state index in [-0.39, 0.29) is 11.9 Å². The maximum atomic E-state index is 11.5. The van der Waals surface area contributed by atoms with E-state index in [9.17, 15) is 4.79 Å². The molecular formula is C9H18N2O. The first-order valence-corrected chi connectivity index (χ1v) is 4.58. The van der Waals surface area contributed by atoms with Crippen LogP contribution < -0.4 is 5.73 Å². The maximum absolute atomic E-state index is 11.5. The van der Waals surface area contributed by atoms with E-state index in [0.29, 0.717) is 12.0 Å². The third-order valence-corrected chi connectivity index (χ3v) is 2.46. The summed E-state index contributed by atoms with van der Waals surface area (Å²) >= 11 is 0. The monoisotopic (exact) mass is 170 g/mol. The lowest BCUT2D eigenvalue weighted by Crippen LogP contribution is -2.43. The molecule has 12 heavy (non-hydrogen) atoms. The number of carbonyl (C=O) groups excluding carboxylic acids is 1. The van der Waals surface area contributed by atoms with Crippen LogP contribution in [0.2, 0.25) is 0 Å². The van der Waals surface area contributed by atoms with Crippen LogP contribution in [0, 0.1) is 5.92 Å². The molecule has 3 atom stereocenters. The quantitative estimate of drug-likeness (QED) is 0.626. The van der Waals surface area contributed by atoms with Crippen LogP contribution in [0.5, 0.6) is 0 Å². The van der Waals surface area contributed by atoms with Crippen LogP contribution in [0.15, 0.2) is 0 Å². The van der Waals surface area contributed by atoms with Crippen molar-refractivity contribution < 1.29 is 4.79 Å². The Kier molecular flexibility index (Phi) is 2.73. The van der Waals surface area contributed by atoms with Crippen LogP contribution in [-0.2, 0) is 4.79 Å². The van der Waals surface area contributed by atoms with E-state index in [1.54, 1.807) is 6.92 Å². The summed E-state index contributed by atoms with van der Waals surface area (Å²) in [4.78, 5) is 13.4. The lowest BCUT2D eigenvalue weighted by Gasteiger charge is -2.23. The Morgan fingerprint density at radius 1 is 1.58 bits per heavy atom. The fourth-order valence-electron chi connectivity index (χ4n) is 1.87. The van der Waals surface area contributed by atoms with Gasteiger partial charge >= 0.3 is 0 Å². The van der Waals surface area contributed by atoms with Gasteiger partial charge in [0.05, 0.1) is 6.04 Å². The number of likely N-dealkylation sites (tertiary alicyclic amines) is 1. The van der Waals surface area contributed by atoms with Crippen LogP contribution in [0.1, 0.15) is 27.2 Å². The number of hydrogen-bond donors (Lipinski definition) is 1. The molecule has 2 unspecified atom stereocenters. The van der Waals surface area contributed by atoms with Gasteiger partial charge in [-0.15, -0.1) is 0 Å². The number of carbonyl (C=O) groups is 1. The van der Waals surface area contributed by atoms with Crippen molar-refractivity contribution in [2.45, 2.75) is 39.3 Å². The van der Waals surface area contributed by atoms with Crippen molar-refractivity contribution >= 4 is 5.91 Å². The Labute approximate surface area is 73.9 Å². The number of amides is 1. The van der Waals surface area contributed by atoms with Crippen LogP contribution in [-0.4, -0.2) is 29.4 Å². The van der Waals surface area contributed by atoms with E-state index >= 15 is 0 Å². The summed E-state index contributed by atoms with van der Waals surface area (Å²) in [5, 5.41) is 0. The second-order valence-corrected chi connectivity index (χ2v) is 3.97. The van der Waals surface area contributed by atoms with Crippen LogP contribution >= 0.6 is 0 Å². The molecule has 1 rings (SSSR count). The SMILES string of the molecule is CC(N)C(=O)N1C[C@@H](C)CC1C. The number of hydrogen-bond acceptors (Lipinski definition) is 2. The molecule has 0 radical (unpaired) electrons. The highest BCUT2D eigenvalue weighted by atomic mass is 16.2. The van der Waals surface area contributed by atoms with Crippen molar-refractivity contribution in [3.8, 4) is 0 Å².